The van der Waals surface area contributed by atoms with Crippen LogP contribution in [0.25, 0.3) is 0 Å². The van der Waals surface area contributed by atoms with Crippen molar-refractivity contribution in [2.45, 2.75) is 64.9 Å². The minimum atomic E-state index is -1.62. The molecule has 4 rings (SSSR count). The molecule has 1 aromatic carbocycles. The van der Waals surface area contributed by atoms with Crippen LogP contribution in [-0.2, 0) is 19.1 Å². The second-order valence-electron chi connectivity index (χ2n) is 10.2. The monoisotopic (exact) mass is 396 g/mol. The van der Waals surface area contributed by atoms with Gasteiger partial charge in [0.1, 0.15) is 11.5 Å². The number of ketones is 3. The van der Waals surface area contributed by atoms with Crippen molar-refractivity contribution in [3.8, 4) is 5.75 Å². The van der Waals surface area contributed by atoms with Crippen LogP contribution in [0.2, 0.25) is 0 Å². The van der Waals surface area contributed by atoms with Crippen molar-refractivity contribution in [2.75, 3.05) is 7.11 Å². The fourth-order valence-electron chi connectivity index (χ4n) is 5.13. The molecule has 0 aromatic heterocycles. The zero-order chi connectivity index (χ0) is 21.2. The Bertz CT molecular complexity index is 913. The standard InChI is InChI=1S/C24H28O5/c1-22(2)10-16(25)20-17(11-22)29-24(18(26)12-23(3,4)13-19(24)27)21(20)14-6-8-15(28-5)9-7-14/h6-9,21H,10-13H2,1-5H3/t21-/m1/s1. The number of allylic oxidation sites excluding steroid dienone is 1. The number of carbonyl (C=O) groups excluding carboxylic acids is 3. The third-order valence-corrected chi connectivity index (χ3v) is 6.41. The van der Waals surface area contributed by atoms with E-state index >= 15 is 0 Å². The van der Waals surface area contributed by atoms with Crippen LogP contribution >= 0.6 is 0 Å². The molecule has 154 valence electrons. The third-order valence-electron chi connectivity index (χ3n) is 6.41. The van der Waals surface area contributed by atoms with Gasteiger partial charge in [-0.3, -0.25) is 14.4 Å². The van der Waals surface area contributed by atoms with Gasteiger partial charge < -0.3 is 9.47 Å². The van der Waals surface area contributed by atoms with E-state index in [9.17, 15) is 14.4 Å². The lowest BCUT2D eigenvalue weighted by molar-refractivity contribution is -0.160. The van der Waals surface area contributed by atoms with Crippen molar-refractivity contribution in [3.05, 3.63) is 41.2 Å². The van der Waals surface area contributed by atoms with E-state index in [1.165, 1.54) is 0 Å². The fraction of sp³-hybridized carbons (Fsp3) is 0.542. The summed E-state index contributed by atoms with van der Waals surface area (Å²) in [5.74, 6) is 0.0320. The van der Waals surface area contributed by atoms with Crippen molar-refractivity contribution >= 4 is 17.3 Å². The highest BCUT2D eigenvalue weighted by molar-refractivity contribution is 6.17. The molecular formula is C24H28O5. The highest BCUT2D eigenvalue weighted by atomic mass is 16.5. The topological polar surface area (TPSA) is 69.7 Å². The Kier molecular flexibility index (Phi) is 4.30. The van der Waals surface area contributed by atoms with Crippen LogP contribution in [0.4, 0.5) is 0 Å². The second-order valence-corrected chi connectivity index (χ2v) is 10.2. The summed E-state index contributed by atoms with van der Waals surface area (Å²) in [4.78, 5) is 40.1. The van der Waals surface area contributed by atoms with Crippen molar-refractivity contribution in [1.29, 1.82) is 0 Å². The Morgan fingerprint density at radius 3 is 1.97 bits per heavy atom. The van der Waals surface area contributed by atoms with Gasteiger partial charge in [-0.05, 0) is 28.5 Å². The summed E-state index contributed by atoms with van der Waals surface area (Å²) in [5, 5.41) is 0. The Balaban J connectivity index is 1.89. The molecule has 1 saturated carbocycles. The lowest BCUT2D eigenvalue weighted by Crippen LogP contribution is -2.57. The minimum absolute atomic E-state index is 0.0284. The molecule has 5 heteroatoms. The lowest BCUT2D eigenvalue weighted by atomic mass is 9.61. The molecule has 1 atom stereocenters. The first-order valence-corrected chi connectivity index (χ1v) is 10.1. The number of rotatable bonds is 2. The van der Waals surface area contributed by atoms with Crippen LogP contribution in [0.5, 0.6) is 5.75 Å². The van der Waals surface area contributed by atoms with Gasteiger partial charge in [0.15, 0.2) is 17.3 Å². The molecule has 1 aliphatic heterocycles. The van der Waals surface area contributed by atoms with E-state index < -0.39 is 16.9 Å². The van der Waals surface area contributed by atoms with Gasteiger partial charge in [-0.15, -0.1) is 0 Å². The third kappa shape index (κ3) is 3.02. The zero-order valence-corrected chi connectivity index (χ0v) is 17.8. The van der Waals surface area contributed by atoms with E-state index in [1.807, 2.05) is 39.8 Å². The maximum absolute atomic E-state index is 13.5. The van der Waals surface area contributed by atoms with Gasteiger partial charge in [-0.2, -0.15) is 0 Å². The maximum Gasteiger partial charge on any atom is 0.234 e. The van der Waals surface area contributed by atoms with E-state index in [0.29, 0.717) is 29.9 Å². The van der Waals surface area contributed by atoms with E-state index in [1.54, 1.807) is 19.2 Å². The second kappa shape index (κ2) is 6.28. The number of ether oxygens (including phenoxy) is 2. The molecule has 0 saturated heterocycles. The number of carbonyl (C=O) groups is 3. The zero-order valence-electron chi connectivity index (χ0n) is 17.8. The van der Waals surface area contributed by atoms with Crippen molar-refractivity contribution < 1.29 is 23.9 Å². The summed E-state index contributed by atoms with van der Waals surface area (Å²) in [6.07, 6.45) is 1.44. The normalized spacial score (nSPS) is 27.1. The maximum atomic E-state index is 13.5. The number of hydrogen-bond acceptors (Lipinski definition) is 5. The van der Waals surface area contributed by atoms with Gasteiger partial charge in [0.05, 0.1) is 13.0 Å². The SMILES string of the molecule is COc1ccc([C@@H]2C3=C(CC(C)(C)CC3=O)OC23C(=O)CC(C)(C)CC3=O)cc1. The average molecular weight is 396 g/mol. The number of methoxy groups -OCH3 is 1. The smallest absolute Gasteiger partial charge is 0.234 e. The molecule has 0 bridgehead atoms. The first kappa shape index (κ1) is 19.9. The first-order chi connectivity index (χ1) is 13.5. The summed E-state index contributed by atoms with van der Waals surface area (Å²) in [6, 6.07) is 7.25. The molecule has 1 fully saturated rings. The lowest BCUT2D eigenvalue weighted by Gasteiger charge is -2.41. The van der Waals surface area contributed by atoms with Crippen molar-refractivity contribution in [1.82, 2.24) is 0 Å². The highest BCUT2D eigenvalue weighted by Gasteiger charge is 2.65. The summed E-state index contributed by atoms with van der Waals surface area (Å²) < 4.78 is 11.5. The summed E-state index contributed by atoms with van der Waals surface area (Å²) in [6.45, 7) is 7.88. The molecule has 3 aliphatic rings. The van der Waals surface area contributed by atoms with Gasteiger partial charge in [0, 0.05) is 31.3 Å². The summed E-state index contributed by atoms with van der Waals surface area (Å²) in [7, 11) is 1.58. The number of Topliss-reactive ketones (excluding diaryl/α,β-unsaturated/α-hetero) is 3. The largest absolute Gasteiger partial charge is 0.497 e. The van der Waals surface area contributed by atoms with Gasteiger partial charge in [0.25, 0.3) is 0 Å². The van der Waals surface area contributed by atoms with Crippen LogP contribution in [-0.4, -0.2) is 30.1 Å². The van der Waals surface area contributed by atoms with Crippen LogP contribution in [0.1, 0.15) is 64.9 Å². The molecule has 0 radical (unpaired) electrons. The van der Waals surface area contributed by atoms with E-state index in [4.69, 9.17) is 9.47 Å². The van der Waals surface area contributed by atoms with E-state index in [-0.39, 0.29) is 35.6 Å². The Labute approximate surface area is 171 Å². The van der Waals surface area contributed by atoms with Crippen LogP contribution < -0.4 is 4.74 Å². The van der Waals surface area contributed by atoms with Crippen LogP contribution in [0.3, 0.4) is 0 Å². The predicted molar refractivity (Wildman–Crippen MR) is 108 cm³/mol. The quantitative estimate of drug-likeness (QED) is 0.703. The molecule has 1 spiro atoms. The highest BCUT2D eigenvalue weighted by Crippen LogP contribution is 2.57. The molecule has 1 aromatic rings. The van der Waals surface area contributed by atoms with Crippen molar-refractivity contribution in [3.63, 3.8) is 0 Å². The van der Waals surface area contributed by atoms with Gasteiger partial charge >= 0.3 is 0 Å². The predicted octanol–water partition coefficient (Wildman–Crippen LogP) is 4.15. The van der Waals surface area contributed by atoms with E-state index in [0.717, 1.165) is 5.56 Å². The Morgan fingerprint density at radius 1 is 0.862 bits per heavy atom. The molecule has 29 heavy (non-hydrogen) atoms. The Morgan fingerprint density at radius 2 is 1.41 bits per heavy atom. The first-order valence-electron chi connectivity index (χ1n) is 10.1. The average Bonchev–Trinajstić information content (AvgIpc) is 2.95. The Hall–Kier alpha value is -2.43. The van der Waals surface area contributed by atoms with Crippen molar-refractivity contribution in [2.24, 2.45) is 10.8 Å². The fourth-order valence-corrected chi connectivity index (χ4v) is 5.13. The molecule has 2 aliphatic carbocycles. The van der Waals surface area contributed by atoms with Gasteiger partial charge in [-0.25, -0.2) is 0 Å². The molecule has 1 heterocycles. The van der Waals surface area contributed by atoms with E-state index in [2.05, 4.69) is 0 Å². The molecule has 5 nitrogen and oxygen atoms in total. The molecule has 0 amide bonds. The van der Waals surface area contributed by atoms with Crippen LogP contribution in [0.15, 0.2) is 35.6 Å². The molecular weight excluding hydrogens is 368 g/mol. The van der Waals surface area contributed by atoms with Gasteiger partial charge in [0.2, 0.25) is 5.60 Å². The van der Waals surface area contributed by atoms with Gasteiger partial charge in [-0.1, -0.05) is 39.8 Å². The summed E-state index contributed by atoms with van der Waals surface area (Å²) >= 11 is 0. The van der Waals surface area contributed by atoms with Crippen LogP contribution in [0, 0.1) is 10.8 Å². The number of benzene rings is 1. The molecule has 0 unspecified atom stereocenters. The number of hydrogen-bond donors (Lipinski definition) is 0. The summed E-state index contributed by atoms with van der Waals surface area (Å²) in [5.41, 5.74) is -1.03. The minimum Gasteiger partial charge on any atom is -0.497 e. The molecule has 0 N–H and O–H groups in total.